The molecule has 1 atom stereocenters. The molecule has 0 radical (unpaired) electrons. The molecule has 4 nitrogen and oxygen atoms in total. The molecule has 0 bridgehead atoms. The molecule has 0 spiro atoms. The van der Waals surface area contributed by atoms with Crippen molar-refractivity contribution in [2.24, 2.45) is 0 Å². The minimum Gasteiger partial charge on any atom is -0.454 e. The molecule has 1 aromatic heterocycles. The van der Waals surface area contributed by atoms with Gasteiger partial charge >= 0.3 is 0 Å². The normalized spacial score (nSPS) is 17.3. The molecule has 0 aliphatic carbocycles. The van der Waals surface area contributed by atoms with Crippen molar-refractivity contribution in [3.63, 3.8) is 0 Å². The Morgan fingerprint density at radius 2 is 1.68 bits per heavy atom. The van der Waals surface area contributed by atoms with E-state index in [0.29, 0.717) is 23.5 Å². The molecular weight excluding hydrogens is 350 g/mol. The van der Waals surface area contributed by atoms with Crippen LogP contribution in [0.3, 0.4) is 0 Å². The lowest BCUT2D eigenvalue weighted by atomic mass is 9.88. The van der Waals surface area contributed by atoms with Gasteiger partial charge in [-0.2, -0.15) is 0 Å². The van der Waals surface area contributed by atoms with Crippen molar-refractivity contribution >= 4 is 16.6 Å². The monoisotopic (exact) mass is 367 g/mol. The first-order valence-corrected chi connectivity index (χ1v) is 9.41. The number of rotatable bonds is 1. The predicted molar refractivity (Wildman–Crippen MR) is 107 cm³/mol. The first-order valence-electron chi connectivity index (χ1n) is 9.41. The molecule has 1 unspecified atom stereocenters. The lowest BCUT2D eigenvalue weighted by Gasteiger charge is -2.17. The Bertz CT molecular complexity index is 1250. The van der Waals surface area contributed by atoms with Gasteiger partial charge in [-0.15, -0.1) is 0 Å². The van der Waals surface area contributed by atoms with Crippen molar-refractivity contribution in [2.45, 2.75) is 12.3 Å². The number of hydrogen-bond donors (Lipinski definition) is 0. The Morgan fingerprint density at radius 1 is 0.857 bits per heavy atom. The first-order chi connectivity index (χ1) is 13.8. The summed E-state index contributed by atoms with van der Waals surface area (Å²) in [5.74, 6) is 1.45. The van der Waals surface area contributed by atoms with E-state index in [0.717, 1.165) is 16.9 Å². The van der Waals surface area contributed by atoms with Gasteiger partial charge in [-0.05, 0) is 34.5 Å². The minimum absolute atomic E-state index is 0.00353. The first kappa shape index (κ1) is 15.5. The highest BCUT2D eigenvalue weighted by Crippen LogP contribution is 2.42. The van der Waals surface area contributed by atoms with Crippen LogP contribution in [0.1, 0.15) is 34.0 Å². The molecule has 2 aliphatic heterocycles. The van der Waals surface area contributed by atoms with Crippen LogP contribution in [0.5, 0.6) is 11.5 Å². The van der Waals surface area contributed by atoms with Crippen molar-refractivity contribution < 1.29 is 14.3 Å². The molecule has 0 saturated heterocycles. The molecule has 0 saturated carbocycles. The Hall–Kier alpha value is -3.53. The highest BCUT2D eigenvalue weighted by atomic mass is 16.7. The lowest BCUT2D eigenvalue weighted by Crippen LogP contribution is -2.07. The summed E-state index contributed by atoms with van der Waals surface area (Å²) in [5, 5.41) is 2.39. The maximum Gasteiger partial charge on any atom is 0.231 e. The quantitative estimate of drug-likeness (QED) is 0.471. The molecule has 3 heterocycles. The van der Waals surface area contributed by atoms with Crippen LogP contribution in [-0.2, 0) is 0 Å². The lowest BCUT2D eigenvalue weighted by molar-refractivity contribution is 0.0979. The Morgan fingerprint density at radius 3 is 2.57 bits per heavy atom. The topological polar surface area (TPSA) is 40.5 Å². The second-order valence-electron chi connectivity index (χ2n) is 7.31. The van der Waals surface area contributed by atoms with Crippen molar-refractivity contribution in [3.8, 4) is 17.2 Å². The van der Waals surface area contributed by atoms with Crippen LogP contribution in [-0.4, -0.2) is 17.1 Å². The van der Waals surface area contributed by atoms with Gasteiger partial charge in [0.25, 0.3) is 0 Å². The molecular formula is C24H17NO3. The molecule has 2 aliphatic rings. The smallest absolute Gasteiger partial charge is 0.231 e. The average Bonchev–Trinajstić information content (AvgIpc) is 3.37. The summed E-state index contributed by atoms with van der Waals surface area (Å²) in [6, 6.07) is 22.7. The average molecular weight is 367 g/mol. The summed E-state index contributed by atoms with van der Waals surface area (Å²) >= 11 is 0. The van der Waals surface area contributed by atoms with Crippen molar-refractivity contribution in [2.75, 3.05) is 6.79 Å². The van der Waals surface area contributed by atoms with Gasteiger partial charge in [0.05, 0.1) is 5.69 Å². The molecule has 28 heavy (non-hydrogen) atoms. The van der Waals surface area contributed by atoms with Crippen LogP contribution in [0.25, 0.3) is 16.5 Å². The van der Waals surface area contributed by atoms with E-state index < -0.39 is 0 Å². The summed E-state index contributed by atoms with van der Waals surface area (Å²) in [5.41, 5.74) is 3.81. The van der Waals surface area contributed by atoms with E-state index in [1.165, 1.54) is 10.8 Å². The van der Waals surface area contributed by atoms with Crippen molar-refractivity contribution in [3.05, 3.63) is 89.7 Å². The number of carbonyl (C=O) groups excluding carboxylic acids is 1. The number of carbonyl (C=O) groups is 1. The molecule has 4 heteroatoms. The van der Waals surface area contributed by atoms with E-state index in [-0.39, 0.29) is 18.5 Å². The Balaban J connectivity index is 1.54. The second-order valence-corrected chi connectivity index (χ2v) is 7.31. The fraction of sp³-hybridized carbons (Fsp3) is 0.125. The zero-order chi connectivity index (χ0) is 18.7. The van der Waals surface area contributed by atoms with Crippen LogP contribution >= 0.6 is 0 Å². The van der Waals surface area contributed by atoms with Gasteiger partial charge < -0.3 is 14.0 Å². The molecule has 4 aromatic rings. The standard InChI is InChI=1S/C24H17NO3/c26-22-11-18(17-8-7-15-4-1-2-5-16(15)10-17)20-6-3-9-25(20)21-13-24-23(12-19(21)22)27-14-28-24/h1-10,12-13,18H,11,14H2. The number of hydrogen-bond acceptors (Lipinski definition) is 3. The van der Waals surface area contributed by atoms with E-state index in [1.807, 2.05) is 36.5 Å². The van der Waals surface area contributed by atoms with Crippen molar-refractivity contribution in [1.82, 2.24) is 4.57 Å². The summed E-state index contributed by atoms with van der Waals surface area (Å²) < 4.78 is 13.2. The fourth-order valence-corrected chi connectivity index (χ4v) is 4.36. The van der Waals surface area contributed by atoms with E-state index in [1.54, 1.807) is 0 Å². The summed E-state index contributed by atoms with van der Waals surface area (Å²) in [4.78, 5) is 13.2. The number of ketones is 1. The third-order valence-electron chi connectivity index (χ3n) is 5.75. The van der Waals surface area contributed by atoms with Crippen molar-refractivity contribution in [1.29, 1.82) is 0 Å². The Kier molecular flexibility index (Phi) is 3.18. The number of fused-ring (bicyclic) bond motifs is 5. The zero-order valence-corrected chi connectivity index (χ0v) is 15.1. The van der Waals surface area contributed by atoms with Gasteiger partial charge in [0, 0.05) is 35.9 Å². The van der Waals surface area contributed by atoms with Crippen LogP contribution in [0.4, 0.5) is 0 Å². The van der Waals surface area contributed by atoms with Crippen LogP contribution in [0.15, 0.2) is 72.9 Å². The Labute approximate surface area is 161 Å². The number of Topliss-reactive ketones (excluding diaryl/α,β-unsaturated/α-hetero) is 1. The maximum absolute atomic E-state index is 13.2. The number of ether oxygens (including phenoxy) is 2. The molecule has 0 N–H and O–H groups in total. The van der Waals surface area contributed by atoms with Gasteiger partial charge in [0.2, 0.25) is 6.79 Å². The second kappa shape index (κ2) is 5.73. The predicted octanol–water partition coefficient (Wildman–Crippen LogP) is 5.08. The van der Waals surface area contributed by atoms with Crippen LogP contribution < -0.4 is 9.47 Å². The minimum atomic E-state index is -0.00353. The van der Waals surface area contributed by atoms with Crippen LogP contribution in [0.2, 0.25) is 0 Å². The third-order valence-corrected chi connectivity index (χ3v) is 5.75. The van der Waals surface area contributed by atoms with Gasteiger partial charge in [-0.3, -0.25) is 4.79 Å². The summed E-state index contributed by atoms with van der Waals surface area (Å²) in [6.45, 7) is 0.199. The molecule has 136 valence electrons. The largest absolute Gasteiger partial charge is 0.454 e. The van der Waals surface area contributed by atoms with E-state index >= 15 is 0 Å². The van der Waals surface area contributed by atoms with Gasteiger partial charge in [-0.1, -0.05) is 42.5 Å². The molecule has 6 rings (SSSR count). The molecule has 3 aromatic carbocycles. The van der Waals surface area contributed by atoms with E-state index in [9.17, 15) is 4.79 Å². The van der Waals surface area contributed by atoms with Crippen LogP contribution in [0, 0.1) is 0 Å². The van der Waals surface area contributed by atoms with E-state index in [4.69, 9.17) is 9.47 Å². The van der Waals surface area contributed by atoms with Gasteiger partial charge in [0.15, 0.2) is 17.3 Å². The summed E-state index contributed by atoms with van der Waals surface area (Å²) in [7, 11) is 0. The fourth-order valence-electron chi connectivity index (χ4n) is 4.36. The third kappa shape index (κ3) is 2.21. The summed E-state index contributed by atoms with van der Waals surface area (Å²) in [6.07, 6.45) is 2.44. The van der Waals surface area contributed by atoms with Gasteiger partial charge in [-0.25, -0.2) is 0 Å². The highest BCUT2D eigenvalue weighted by Gasteiger charge is 2.30. The highest BCUT2D eigenvalue weighted by molar-refractivity contribution is 6.02. The maximum atomic E-state index is 13.2. The SMILES string of the molecule is O=C1CC(c2ccc3ccccc3c2)c2cccn2-c2cc3c(cc21)OCO3. The molecule has 0 amide bonds. The number of aromatic nitrogens is 1. The van der Waals surface area contributed by atoms with E-state index in [2.05, 4.69) is 41.0 Å². The zero-order valence-electron chi connectivity index (χ0n) is 15.1. The number of nitrogens with zero attached hydrogens (tertiary/aromatic N) is 1. The number of benzene rings is 3. The van der Waals surface area contributed by atoms with Gasteiger partial charge in [0.1, 0.15) is 0 Å². The molecule has 0 fully saturated rings.